The van der Waals surface area contributed by atoms with Crippen LogP contribution in [0.3, 0.4) is 0 Å². The summed E-state index contributed by atoms with van der Waals surface area (Å²) in [5.41, 5.74) is 5.45. The van der Waals surface area contributed by atoms with Crippen molar-refractivity contribution < 1.29 is 9.90 Å². The van der Waals surface area contributed by atoms with Gasteiger partial charge in [0.15, 0.2) is 0 Å². The molecule has 1 aliphatic carbocycles. The molecule has 0 bridgehead atoms. The molecule has 1 unspecified atom stereocenters. The second-order valence-corrected chi connectivity index (χ2v) is 11.5. The topological polar surface area (TPSA) is 40.5 Å². The Balaban J connectivity index is 1.51. The number of phenolic OH excluding ortho intramolecular Hbond substituents is 1. The largest absolute Gasteiger partial charge is 0.507 e. The molecular weight excluding hydrogens is 494 g/mol. The molecule has 5 heteroatoms. The highest BCUT2D eigenvalue weighted by atomic mass is 32.1. The zero-order valence-corrected chi connectivity index (χ0v) is 23.4. The minimum atomic E-state index is 0.199. The molecule has 1 fully saturated rings. The number of aromatic hydroxyl groups is 1. The van der Waals surface area contributed by atoms with Crippen LogP contribution in [0.15, 0.2) is 94.8 Å². The van der Waals surface area contributed by atoms with Crippen LogP contribution >= 0.6 is 24.0 Å². The van der Waals surface area contributed by atoms with Gasteiger partial charge in [0.05, 0.1) is 6.42 Å². The summed E-state index contributed by atoms with van der Waals surface area (Å²) in [6, 6.07) is 11.5. The first kappa shape index (κ1) is 27.3. The Morgan fingerprint density at radius 2 is 1.97 bits per heavy atom. The van der Waals surface area contributed by atoms with Crippen molar-refractivity contribution in [1.29, 1.82) is 0 Å². The summed E-state index contributed by atoms with van der Waals surface area (Å²) in [6.45, 7) is 12.4. The van der Waals surface area contributed by atoms with E-state index in [1.54, 1.807) is 17.4 Å². The summed E-state index contributed by atoms with van der Waals surface area (Å²) in [4.78, 5) is 16.8. The van der Waals surface area contributed by atoms with Gasteiger partial charge in [-0.1, -0.05) is 68.1 Å². The number of hydrogen-bond acceptors (Lipinski definition) is 4. The summed E-state index contributed by atoms with van der Waals surface area (Å²) < 4.78 is 0. The van der Waals surface area contributed by atoms with E-state index in [0.29, 0.717) is 12.3 Å². The molecular formula is C32H37NO2S2. The van der Waals surface area contributed by atoms with E-state index >= 15 is 0 Å². The Bertz CT molecular complexity index is 1230. The van der Waals surface area contributed by atoms with Gasteiger partial charge in [0.25, 0.3) is 0 Å². The number of carbonyl (C=O) groups is 1. The van der Waals surface area contributed by atoms with Gasteiger partial charge in [0, 0.05) is 34.4 Å². The van der Waals surface area contributed by atoms with Crippen LogP contribution in [-0.2, 0) is 11.2 Å². The van der Waals surface area contributed by atoms with Crippen LogP contribution in [0, 0.1) is 11.8 Å². The van der Waals surface area contributed by atoms with E-state index in [1.165, 1.54) is 11.1 Å². The van der Waals surface area contributed by atoms with E-state index in [9.17, 15) is 9.90 Å². The van der Waals surface area contributed by atoms with E-state index in [1.807, 2.05) is 46.7 Å². The monoisotopic (exact) mass is 531 g/mol. The van der Waals surface area contributed by atoms with E-state index in [-0.39, 0.29) is 17.6 Å². The predicted octanol–water partition coefficient (Wildman–Crippen LogP) is 7.99. The predicted molar refractivity (Wildman–Crippen MR) is 160 cm³/mol. The number of phenols is 1. The lowest BCUT2D eigenvalue weighted by Gasteiger charge is -2.33. The SMILES string of the molecule is C=C/C(S)=C1/CC=C(c2ccccc2O)C=C(C(=C)CC2CCN(C(=O)Cc3cccs3)CC2)C1CC. The Morgan fingerprint density at radius 1 is 1.22 bits per heavy atom. The smallest absolute Gasteiger partial charge is 0.227 e. The van der Waals surface area contributed by atoms with Gasteiger partial charge < -0.3 is 10.0 Å². The van der Waals surface area contributed by atoms with E-state index in [4.69, 9.17) is 12.6 Å². The van der Waals surface area contributed by atoms with Gasteiger partial charge >= 0.3 is 0 Å². The molecule has 4 rings (SSSR count). The van der Waals surface area contributed by atoms with Crippen LogP contribution in [-0.4, -0.2) is 29.0 Å². The summed E-state index contributed by atoms with van der Waals surface area (Å²) in [6.07, 6.45) is 11.3. The summed E-state index contributed by atoms with van der Waals surface area (Å²) in [5, 5.41) is 12.6. The Morgan fingerprint density at radius 3 is 2.62 bits per heavy atom. The highest BCUT2D eigenvalue weighted by Crippen LogP contribution is 2.42. The molecule has 0 spiro atoms. The Kier molecular flexibility index (Phi) is 9.33. The summed E-state index contributed by atoms with van der Waals surface area (Å²) in [5.74, 6) is 1.21. The standard InChI is InChI=1S/C32H37NO2S2/c1-4-26-28(31(36)5-2)13-12-24(27-10-6-7-11-30(27)34)20-29(26)22(3)19-23-14-16-33(17-15-23)32(35)21-25-9-8-18-37-25/h5-12,18,20,23,26,34,36H,2-4,13-17,19,21H2,1H3/b31-28+. The third kappa shape index (κ3) is 6.58. The lowest BCUT2D eigenvalue weighted by atomic mass is 9.79. The fraction of sp³-hybridized carbons (Fsp3) is 0.344. The summed E-state index contributed by atoms with van der Waals surface area (Å²) >= 11 is 6.41. The second-order valence-electron chi connectivity index (χ2n) is 9.94. The number of carbonyl (C=O) groups excluding carboxylic acids is 1. The molecule has 37 heavy (non-hydrogen) atoms. The van der Waals surface area contributed by atoms with E-state index in [0.717, 1.165) is 71.7 Å². The van der Waals surface area contributed by atoms with Crippen LogP contribution in [0.5, 0.6) is 5.75 Å². The molecule has 1 aromatic carbocycles. The number of nitrogens with zero attached hydrogens (tertiary/aromatic N) is 1. The van der Waals surface area contributed by atoms with Gasteiger partial charge in [-0.25, -0.2) is 0 Å². The molecule has 0 saturated carbocycles. The van der Waals surface area contributed by atoms with Crippen molar-refractivity contribution in [3.63, 3.8) is 0 Å². The number of piperidine rings is 1. The number of allylic oxidation sites excluding steroid dienone is 7. The molecule has 1 amide bonds. The van der Waals surface area contributed by atoms with Crippen molar-refractivity contribution in [2.45, 2.75) is 45.4 Å². The van der Waals surface area contributed by atoms with Crippen LogP contribution < -0.4 is 0 Å². The lowest BCUT2D eigenvalue weighted by molar-refractivity contribution is -0.131. The van der Waals surface area contributed by atoms with Crippen LogP contribution in [0.1, 0.15) is 49.5 Å². The average Bonchev–Trinajstić information content (AvgIpc) is 3.34. The number of benzene rings is 1. The quantitative estimate of drug-likeness (QED) is 0.339. The van der Waals surface area contributed by atoms with Gasteiger partial charge in [0.1, 0.15) is 5.75 Å². The van der Waals surface area contributed by atoms with Crippen LogP contribution in [0.25, 0.3) is 5.57 Å². The molecule has 1 saturated heterocycles. The molecule has 1 atom stereocenters. The van der Waals surface area contributed by atoms with E-state index < -0.39 is 0 Å². The van der Waals surface area contributed by atoms with Crippen molar-refractivity contribution in [2.75, 3.05) is 13.1 Å². The molecule has 1 aromatic heterocycles. The summed E-state index contributed by atoms with van der Waals surface area (Å²) in [7, 11) is 0. The van der Waals surface area contributed by atoms with E-state index in [2.05, 4.69) is 32.2 Å². The molecule has 1 aliphatic heterocycles. The maximum absolute atomic E-state index is 12.7. The number of rotatable bonds is 8. The molecule has 0 radical (unpaired) electrons. The van der Waals surface area contributed by atoms with Crippen LogP contribution in [0.2, 0.25) is 0 Å². The fourth-order valence-electron chi connectivity index (χ4n) is 5.54. The maximum Gasteiger partial charge on any atom is 0.227 e. The van der Waals surface area contributed by atoms with Crippen molar-refractivity contribution >= 4 is 35.4 Å². The van der Waals surface area contributed by atoms with Crippen molar-refractivity contribution in [3.8, 4) is 5.75 Å². The first-order valence-electron chi connectivity index (χ1n) is 13.1. The van der Waals surface area contributed by atoms with Crippen molar-refractivity contribution in [1.82, 2.24) is 4.90 Å². The normalized spacial score (nSPS) is 20.1. The number of para-hydroxylation sites is 1. The zero-order valence-electron chi connectivity index (χ0n) is 21.7. The second kappa shape index (κ2) is 12.7. The number of thiol groups is 1. The Hall–Kier alpha value is -2.76. The maximum atomic E-state index is 12.7. The molecule has 2 aliphatic rings. The first-order chi connectivity index (χ1) is 17.9. The minimum absolute atomic E-state index is 0.199. The molecule has 3 nitrogen and oxygen atoms in total. The minimum Gasteiger partial charge on any atom is -0.507 e. The third-order valence-corrected chi connectivity index (χ3v) is 8.96. The number of thiophene rings is 1. The molecule has 2 aromatic rings. The van der Waals surface area contributed by atoms with Gasteiger partial charge in [-0.05, 0) is 72.3 Å². The highest BCUT2D eigenvalue weighted by Gasteiger charge is 2.28. The van der Waals surface area contributed by atoms with Crippen molar-refractivity contribution in [2.24, 2.45) is 11.8 Å². The average molecular weight is 532 g/mol. The lowest BCUT2D eigenvalue weighted by Crippen LogP contribution is -2.39. The fourth-order valence-corrected chi connectivity index (χ4v) is 6.48. The molecule has 194 valence electrons. The third-order valence-electron chi connectivity index (χ3n) is 7.61. The van der Waals surface area contributed by atoms with Gasteiger partial charge in [-0.15, -0.1) is 24.0 Å². The van der Waals surface area contributed by atoms with Crippen molar-refractivity contribution in [3.05, 3.63) is 105 Å². The number of hydrogen-bond donors (Lipinski definition) is 2. The van der Waals surface area contributed by atoms with Gasteiger partial charge in [-0.3, -0.25) is 4.79 Å². The van der Waals surface area contributed by atoms with Gasteiger partial charge in [-0.2, -0.15) is 0 Å². The van der Waals surface area contributed by atoms with Gasteiger partial charge in [0.2, 0.25) is 5.91 Å². The van der Waals surface area contributed by atoms with Crippen LogP contribution in [0.4, 0.5) is 0 Å². The number of amides is 1. The molecule has 2 heterocycles. The zero-order chi connectivity index (χ0) is 26.4. The first-order valence-corrected chi connectivity index (χ1v) is 14.5. The number of likely N-dealkylation sites (tertiary alicyclic amines) is 1. The Labute approximate surface area is 231 Å². The molecule has 1 N–H and O–H groups in total. The highest BCUT2D eigenvalue weighted by molar-refractivity contribution is 7.84.